The summed E-state index contributed by atoms with van der Waals surface area (Å²) in [6.07, 6.45) is 0. The Labute approximate surface area is 128 Å². The van der Waals surface area contributed by atoms with Crippen LogP contribution in [-0.2, 0) is 4.74 Å². The summed E-state index contributed by atoms with van der Waals surface area (Å²) < 4.78 is 4.25. The number of hydrogen-bond donors (Lipinski definition) is 6. The van der Waals surface area contributed by atoms with Crippen molar-refractivity contribution >= 4 is 12.1 Å². The normalized spacial score (nSPS) is 6.86. The van der Waals surface area contributed by atoms with Crippen LogP contribution in [0.4, 0.5) is 9.59 Å². The third kappa shape index (κ3) is 46.2. The van der Waals surface area contributed by atoms with Crippen LogP contribution in [0.2, 0.25) is 0 Å². The molecule has 9 heteroatoms. The van der Waals surface area contributed by atoms with E-state index in [4.69, 9.17) is 0 Å². The summed E-state index contributed by atoms with van der Waals surface area (Å²) in [6, 6.07) is -0.315. The van der Waals surface area contributed by atoms with Gasteiger partial charge in [-0.25, -0.2) is 9.59 Å². The van der Waals surface area contributed by atoms with E-state index in [1.54, 1.807) is 42.4 Å². The van der Waals surface area contributed by atoms with Gasteiger partial charge in [-0.1, -0.05) is 6.58 Å². The summed E-state index contributed by atoms with van der Waals surface area (Å²) in [7, 11) is 13.2. The van der Waals surface area contributed by atoms with E-state index in [-0.39, 0.29) is 12.1 Å². The second-order valence-corrected chi connectivity index (χ2v) is 3.05. The van der Waals surface area contributed by atoms with Gasteiger partial charge in [0.25, 0.3) is 0 Å². The van der Waals surface area contributed by atoms with Crippen LogP contribution in [0.1, 0.15) is 0 Å². The molecule has 0 aromatic carbocycles. The van der Waals surface area contributed by atoms with Gasteiger partial charge >= 0.3 is 12.1 Å². The molecule has 4 amide bonds. The van der Waals surface area contributed by atoms with Crippen LogP contribution < -0.4 is 31.9 Å². The van der Waals surface area contributed by atoms with Crippen molar-refractivity contribution in [3.8, 4) is 0 Å². The zero-order valence-corrected chi connectivity index (χ0v) is 14.4. The smallest absolute Gasteiger partial charge is 0.314 e. The molecule has 0 atom stereocenters. The molecule has 0 heterocycles. The number of nitrogens with one attached hydrogen (secondary N) is 6. The van der Waals surface area contributed by atoms with Crippen LogP contribution in [0.5, 0.6) is 0 Å². The van der Waals surface area contributed by atoms with E-state index in [1.165, 1.54) is 0 Å². The average Bonchev–Trinajstić information content (AvgIpc) is 2.54. The Hall–Kier alpha value is -2.16. The lowest BCUT2D eigenvalue weighted by atomic mass is 10.8. The fourth-order valence-electron chi connectivity index (χ4n) is 0.375. The summed E-state index contributed by atoms with van der Waals surface area (Å²) in [5.74, 6) is 0.843. The van der Waals surface area contributed by atoms with E-state index in [0.717, 1.165) is 5.82 Å². The van der Waals surface area contributed by atoms with E-state index in [2.05, 4.69) is 43.2 Å². The van der Waals surface area contributed by atoms with Crippen molar-refractivity contribution in [1.82, 2.24) is 31.9 Å². The monoisotopic (exact) mass is 308 g/mol. The van der Waals surface area contributed by atoms with Crippen LogP contribution >= 0.6 is 0 Å². The van der Waals surface area contributed by atoms with Crippen LogP contribution in [0.25, 0.3) is 0 Å². The second kappa shape index (κ2) is 26.4. The molecule has 0 radical (unpaired) electrons. The number of carbonyl (C=O) groups excluding carboxylic acids is 2. The highest BCUT2D eigenvalue weighted by Crippen LogP contribution is 1.62. The number of urea groups is 2. The van der Waals surface area contributed by atoms with E-state index < -0.39 is 0 Å². The molecule has 0 bridgehead atoms. The Bertz CT molecular complexity index is 193. The van der Waals surface area contributed by atoms with Crippen molar-refractivity contribution < 1.29 is 14.3 Å². The predicted molar refractivity (Wildman–Crippen MR) is 87.2 cm³/mol. The van der Waals surface area contributed by atoms with Gasteiger partial charge in [-0.2, -0.15) is 0 Å². The molecule has 0 aliphatic heterocycles. The first-order valence-electron chi connectivity index (χ1n) is 6.08. The van der Waals surface area contributed by atoms with Crippen LogP contribution in [-0.4, -0.2) is 68.6 Å². The fraction of sp³-hybridized carbons (Fsp3) is 0.667. The standard InChI is InChI=1S/C4H10N2.2C3H8N2O.C2H6O/c1-4(5-2)6-3;2*1-4-3(6)5-2;1-3-2/h5-6H,1H2,2-3H3;2*1-2H3,(H2,4,5,6);1-2H3. The minimum atomic E-state index is -0.157. The molecule has 0 fully saturated rings. The maximum Gasteiger partial charge on any atom is 0.314 e. The molecule has 128 valence electrons. The van der Waals surface area contributed by atoms with E-state index >= 15 is 0 Å². The maximum absolute atomic E-state index is 9.96. The minimum absolute atomic E-state index is 0.157. The number of methoxy groups -OCH3 is 1. The predicted octanol–water partition coefficient (Wildman–Crippen LogP) is -0.751. The Kier molecular flexibility index (Phi) is 34.2. The third-order valence-corrected chi connectivity index (χ3v) is 1.51. The number of ether oxygens (including phenoxy) is 1. The molecule has 0 aromatic rings. The van der Waals surface area contributed by atoms with Gasteiger partial charge in [-0.3, -0.25) is 0 Å². The first kappa shape index (κ1) is 27.2. The molecular formula is C12H32N6O3. The van der Waals surface area contributed by atoms with Crippen molar-refractivity contribution in [2.75, 3.05) is 56.5 Å². The molecule has 0 aromatic heterocycles. The van der Waals surface area contributed by atoms with Gasteiger partial charge in [0.2, 0.25) is 0 Å². The summed E-state index contributed by atoms with van der Waals surface area (Å²) in [4.78, 5) is 19.9. The van der Waals surface area contributed by atoms with Crippen molar-refractivity contribution in [2.45, 2.75) is 0 Å². The first-order valence-corrected chi connectivity index (χ1v) is 6.08. The van der Waals surface area contributed by atoms with Crippen LogP contribution in [0, 0.1) is 0 Å². The van der Waals surface area contributed by atoms with Crippen molar-refractivity contribution in [2.24, 2.45) is 0 Å². The van der Waals surface area contributed by atoms with Gasteiger partial charge in [-0.15, -0.1) is 0 Å². The maximum atomic E-state index is 9.96. The summed E-state index contributed by atoms with van der Waals surface area (Å²) >= 11 is 0. The molecule has 9 nitrogen and oxygen atoms in total. The lowest BCUT2D eigenvalue weighted by Gasteiger charge is -1.98. The number of hydrogen-bond acceptors (Lipinski definition) is 5. The van der Waals surface area contributed by atoms with Crippen LogP contribution in [0.15, 0.2) is 12.4 Å². The first-order chi connectivity index (χ1) is 9.84. The van der Waals surface area contributed by atoms with Crippen molar-refractivity contribution in [3.05, 3.63) is 12.4 Å². The zero-order chi connectivity index (χ0) is 17.7. The zero-order valence-electron chi connectivity index (χ0n) is 14.4. The Balaban J connectivity index is -0.0000000944. The third-order valence-electron chi connectivity index (χ3n) is 1.51. The van der Waals surface area contributed by atoms with Gasteiger partial charge in [0, 0.05) is 56.5 Å². The molecule has 0 unspecified atom stereocenters. The van der Waals surface area contributed by atoms with Gasteiger partial charge < -0.3 is 36.6 Å². The topological polar surface area (TPSA) is 116 Å². The number of amides is 4. The quantitative estimate of drug-likeness (QED) is 0.401. The van der Waals surface area contributed by atoms with Crippen molar-refractivity contribution in [1.29, 1.82) is 0 Å². The Morgan fingerprint density at radius 2 is 0.857 bits per heavy atom. The largest absolute Gasteiger partial charge is 0.388 e. The Morgan fingerprint density at radius 3 is 0.857 bits per heavy atom. The summed E-state index contributed by atoms with van der Waals surface area (Å²) in [5, 5.41) is 15.1. The van der Waals surface area contributed by atoms with Crippen LogP contribution in [0.3, 0.4) is 0 Å². The number of carbonyl (C=O) groups is 2. The van der Waals surface area contributed by atoms with Gasteiger partial charge in [0.05, 0.1) is 5.82 Å². The van der Waals surface area contributed by atoms with E-state index in [1.807, 2.05) is 14.1 Å². The summed E-state index contributed by atoms with van der Waals surface area (Å²) in [5.41, 5.74) is 0. The second-order valence-electron chi connectivity index (χ2n) is 3.05. The summed E-state index contributed by atoms with van der Waals surface area (Å²) in [6.45, 7) is 3.57. The molecular weight excluding hydrogens is 276 g/mol. The Morgan fingerprint density at radius 1 is 0.667 bits per heavy atom. The SMILES string of the molecule is C=C(NC)NC.CNC(=O)NC.CNC(=O)NC.COC. The molecule has 0 saturated carbocycles. The fourth-order valence-corrected chi connectivity index (χ4v) is 0.375. The molecule has 0 spiro atoms. The molecule has 0 aliphatic carbocycles. The molecule has 0 aliphatic rings. The average molecular weight is 308 g/mol. The molecule has 0 rings (SSSR count). The minimum Gasteiger partial charge on any atom is -0.388 e. The van der Waals surface area contributed by atoms with E-state index in [0.29, 0.717) is 0 Å². The lowest BCUT2D eigenvalue weighted by Crippen LogP contribution is -2.28. The highest BCUT2D eigenvalue weighted by Gasteiger charge is 1.82. The van der Waals surface area contributed by atoms with Gasteiger partial charge in [-0.05, 0) is 0 Å². The van der Waals surface area contributed by atoms with Crippen molar-refractivity contribution in [3.63, 3.8) is 0 Å². The molecule has 6 N–H and O–H groups in total. The molecule has 21 heavy (non-hydrogen) atoms. The highest BCUT2D eigenvalue weighted by molar-refractivity contribution is 5.73. The lowest BCUT2D eigenvalue weighted by molar-refractivity contribution is 0.244. The van der Waals surface area contributed by atoms with Gasteiger partial charge in [0.15, 0.2) is 0 Å². The number of rotatable bonds is 2. The van der Waals surface area contributed by atoms with Gasteiger partial charge in [0.1, 0.15) is 0 Å². The molecule has 0 saturated heterocycles. The van der Waals surface area contributed by atoms with E-state index in [9.17, 15) is 9.59 Å². The highest BCUT2D eigenvalue weighted by atomic mass is 16.4.